The van der Waals surface area contributed by atoms with Gasteiger partial charge in [0.25, 0.3) is 0 Å². The average molecular weight is 895 g/mol. The van der Waals surface area contributed by atoms with Crippen LogP contribution in [0, 0.1) is 16.7 Å². The second-order valence-corrected chi connectivity index (χ2v) is 17.6. The maximum atomic E-state index is 15.9. The van der Waals surface area contributed by atoms with Gasteiger partial charge in [0.1, 0.15) is 41.5 Å². The maximum Gasteiger partial charge on any atom is 0.343 e. The third-order valence-corrected chi connectivity index (χ3v) is 13.3. The predicted octanol–water partition coefficient (Wildman–Crippen LogP) is 5.41. The number of phenolic OH excluding ortho intramolecular Hbond substituents is 1. The Morgan fingerprint density at radius 2 is 1.40 bits per heavy atom. The van der Waals surface area contributed by atoms with Gasteiger partial charge in [-0.15, -0.1) is 0 Å². The summed E-state index contributed by atoms with van der Waals surface area (Å²) >= 11 is 0. The molecule has 2 bridgehead atoms. The fraction of sp³-hybridized carbons (Fsp3) is 0.408. The highest BCUT2D eigenvalue weighted by Crippen LogP contribution is 2.65. The number of esters is 6. The van der Waals surface area contributed by atoms with Crippen molar-refractivity contribution in [1.82, 2.24) is 0 Å². The molecule has 2 N–H and O–H groups in total. The van der Waals surface area contributed by atoms with E-state index >= 15 is 4.79 Å². The highest BCUT2D eigenvalue weighted by atomic mass is 16.6. The Labute approximate surface area is 374 Å². The molecule has 1 saturated heterocycles. The molecule has 16 nitrogen and oxygen atoms in total. The monoisotopic (exact) mass is 894 g/mol. The third-order valence-electron chi connectivity index (χ3n) is 13.3. The van der Waals surface area contributed by atoms with Crippen LogP contribution in [0.2, 0.25) is 0 Å². The van der Waals surface area contributed by atoms with Crippen molar-refractivity contribution in [3.05, 3.63) is 113 Å². The molecule has 342 valence electrons. The number of hydrogen-bond acceptors (Lipinski definition) is 16. The zero-order valence-corrected chi connectivity index (χ0v) is 36.9. The van der Waals surface area contributed by atoms with Crippen LogP contribution in [0.1, 0.15) is 87.6 Å². The fourth-order valence-corrected chi connectivity index (χ4v) is 10.1. The molecule has 3 aliphatic carbocycles. The van der Waals surface area contributed by atoms with E-state index in [0.29, 0.717) is 11.1 Å². The Balaban J connectivity index is 1.33. The zero-order chi connectivity index (χ0) is 47.2. The number of benzene rings is 3. The van der Waals surface area contributed by atoms with Gasteiger partial charge in [-0.25, -0.2) is 14.4 Å². The number of fused-ring (bicyclic) bond motifs is 5. The van der Waals surface area contributed by atoms with Crippen LogP contribution < -0.4 is 4.74 Å². The first-order valence-corrected chi connectivity index (χ1v) is 21.0. The normalized spacial score (nSPS) is 29.9. The minimum Gasteiger partial charge on any atom is -0.508 e. The molecular weight excluding hydrogens is 845 g/mol. The van der Waals surface area contributed by atoms with Gasteiger partial charge in [-0.2, -0.15) is 0 Å². The van der Waals surface area contributed by atoms with Crippen molar-refractivity contribution in [3.63, 3.8) is 0 Å². The molecule has 0 unspecified atom stereocenters. The van der Waals surface area contributed by atoms with Crippen molar-refractivity contribution >= 4 is 47.7 Å². The van der Waals surface area contributed by atoms with Crippen LogP contribution in [0.5, 0.6) is 11.5 Å². The highest BCUT2D eigenvalue weighted by molar-refractivity contribution is 5.96. The summed E-state index contributed by atoms with van der Waals surface area (Å²) in [6.45, 7) is 9.32. The number of aliphatic hydroxyl groups is 1. The first-order valence-electron chi connectivity index (χ1n) is 21.0. The van der Waals surface area contributed by atoms with Gasteiger partial charge in [0.05, 0.1) is 29.1 Å². The molecule has 0 aromatic heterocycles. The van der Waals surface area contributed by atoms with Crippen LogP contribution in [0.3, 0.4) is 0 Å². The Morgan fingerprint density at radius 1 is 0.769 bits per heavy atom. The van der Waals surface area contributed by atoms with Gasteiger partial charge < -0.3 is 43.4 Å². The van der Waals surface area contributed by atoms with Crippen LogP contribution in [0.4, 0.5) is 0 Å². The van der Waals surface area contributed by atoms with Crippen molar-refractivity contribution in [3.8, 4) is 11.5 Å². The number of rotatable bonds is 10. The lowest BCUT2D eigenvalue weighted by atomic mass is 9.44. The van der Waals surface area contributed by atoms with E-state index in [2.05, 4.69) is 0 Å². The molecule has 1 aliphatic heterocycles. The van der Waals surface area contributed by atoms with Gasteiger partial charge in [0, 0.05) is 45.1 Å². The topological polar surface area (TPSA) is 225 Å². The zero-order valence-electron chi connectivity index (χ0n) is 36.9. The van der Waals surface area contributed by atoms with E-state index in [4.69, 9.17) is 33.2 Å². The lowest BCUT2D eigenvalue weighted by Gasteiger charge is -2.67. The first kappa shape index (κ1) is 46.3. The van der Waals surface area contributed by atoms with Gasteiger partial charge in [-0.3, -0.25) is 19.2 Å². The molecule has 3 aromatic carbocycles. The summed E-state index contributed by atoms with van der Waals surface area (Å²) < 4.78 is 41.9. The molecule has 0 radical (unpaired) electrons. The van der Waals surface area contributed by atoms with Crippen LogP contribution in [-0.2, 0) is 52.4 Å². The highest BCUT2D eigenvalue weighted by Gasteiger charge is 2.79. The molecule has 7 rings (SSSR count). The first-order chi connectivity index (χ1) is 30.6. The Bertz CT molecular complexity index is 2470. The van der Waals surface area contributed by atoms with Gasteiger partial charge in [-0.05, 0) is 85.2 Å². The summed E-state index contributed by atoms with van der Waals surface area (Å²) in [7, 11) is 0. The van der Waals surface area contributed by atoms with Gasteiger partial charge in [0.2, 0.25) is 0 Å². The molecule has 3 aromatic rings. The molecule has 4 aliphatic rings. The molecule has 1 heterocycles. The number of ketones is 1. The minimum atomic E-state index is -2.29. The number of carbonyl (C=O) groups is 7. The lowest BCUT2D eigenvalue weighted by molar-refractivity contribution is -0.346. The molecule has 2 saturated carbocycles. The van der Waals surface area contributed by atoms with Gasteiger partial charge >= 0.3 is 35.8 Å². The number of hydrogen-bond donors (Lipinski definition) is 2. The van der Waals surface area contributed by atoms with E-state index in [1.165, 1.54) is 68.5 Å². The van der Waals surface area contributed by atoms with E-state index in [0.717, 1.165) is 19.9 Å². The van der Waals surface area contributed by atoms with Gasteiger partial charge in [0.15, 0.2) is 17.5 Å². The molecule has 0 amide bonds. The van der Waals surface area contributed by atoms with Crippen molar-refractivity contribution in [1.29, 1.82) is 0 Å². The number of ether oxygens (including phenoxy) is 7. The lowest BCUT2D eigenvalue weighted by Crippen LogP contribution is -2.82. The SMILES string of the molecule is CC(=O)O[C@H]1C(=O)[C@]2(C)[C@@H](OC(=O)/C=C/c3ccc(OC(=O)c4ccc(O)cc4)cc3)C[C@H]3OC[C@@]3(OC(C)=O)[C@H]2[C@H](OC(=O)c2ccccc2)[C@]2(O)C[C@H](OC(C)=O)C(C)=C1C2(C)C. The summed E-state index contributed by atoms with van der Waals surface area (Å²) in [5.74, 6) is -7.10. The Hall–Kier alpha value is -6.65. The van der Waals surface area contributed by atoms with E-state index < -0.39 is 106 Å². The molecular formula is C49H50O16. The van der Waals surface area contributed by atoms with Crippen molar-refractivity contribution in [2.45, 2.75) is 103 Å². The number of phenols is 1. The summed E-state index contributed by atoms with van der Waals surface area (Å²) in [5, 5.41) is 23.1. The van der Waals surface area contributed by atoms with E-state index in [-0.39, 0.29) is 41.2 Å². The van der Waals surface area contributed by atoms with E-state index in [9.17, 15) is 39.0 Å². The van der Waals surface area contributed by atoms with E-state index in [1.54, 1.807) is 51.1 Å². The summed E-state index contributed by atoms with van der Waals surface area (Å²) in [6.07, 6.45) is -5.40. The second-order valence-electron chi connectivity index (χ2n) is 17.6. The molecule has 9 atom stereocenters. The fourth-order valence-electron chi connectivity index (χ4n) is 10.1. The van der Waals surface area contributed by atoms with Crippen LogP contribution in [0.15, 0.2) is 96.1 Å². The van der Waals surface area contributed by atoms with Crippen molar-refractivity contribution in [2.75, 3.05) is 6.61 Å². The van der Waals surface area contributed by atoms with Crippen molar-refractivity contribution in [2.24, 2.45) is 16.7 Å². The summed E-state index contributed by atoms with van der Waals surface area (Å²) in [4.78, 5) is 95.5. The number of aromatic hydroxyl groups is 1. The molecule has 16 heteroatoms. The minimum absolute atomic E-state index is 0.00977. The number of Topliss-reactive ketones (excluding diaryl/α,β-unsaturated/α-hetero) is 1. The largest absolute Gasteiger partial charge is 0.508 e. The standard InChI is InChI=1S/C49H50O16/c1-26-35(60-27(2)50)24-49(58)43(64-45(57)31-11-9-8-10-12-31)41-47(7,42(55)40(61-28(3)51)39(26)46(49,5)6)36(23-37-48(41,25-59-37)65-29(4)52)63-38(54)22-15-30-13-20-34(21-14-30)62-44(56)32-16-18-33(53)19-17-32/h8-22,35-37,40-41,43,53,58H,23-25H2,1-7H3/b22-15+/t35-,36-,37+,40+,41-,43-,47+,48-,49+/m0/s1. The smallest absolute Gasteiger partial charge is 0.343 e. The van der Waals surface area contributed by atoms with Gasteiger partial charge in [-0.1, -0.05) is 44.2 Å². The van der Waals surface area contributed by atoms with Crippen LogP contribution in [-0.4, -0.2) is 100 Å². The quantitative estimate of drug-likeness (QED) is 0.0853. The molecule has 0 spiro atoms. The number of carbonyl (C=O) groups excluding carboxylic acids is 7. The molecule has 3 fully saturated rings. The van der Waals surface area contributed by atoms with Crippen LogP contribution in [0.25, 0.3) is 6.08 Å². The van der Waals surface area contributed by atoms with E-state index in [1.807, 2.05) is 0 Å². The predicted molar refractivity (Wildman–Crippen MR) is 227 cm³/mol. The molecule has 65 heavy (non-hydrogen) atoms. The summed E-state index contributed by atoms with van der Waals surface area (Å²) in [6, 6.07) is 19.6. The second kappa shape index (κ2) is 17.4. The third kappa shape index (κ3) is 8.32. The Kier molecular flexibility index (Phi) is 12.4. The van der Waals surface area contributed by atoms with Crippen LogP contribution >= 0.6 is 0 Å². The average Bonchev–Trinajstić information content (AvgIpc) is 3.24. The van der Waals surface area contributed by atoms with Crippen molar-refractivity contribution < 1.29 is 76.9 Å². The maximum absolute atomic E-state index is 15.9. The summed E-state index contributed by atoms with van der Waals surface area (Å²) in [5.41, 5.74) is -6.61. The Morgan fingerprint density at radius 3 is 1.98 bits per heavy atom.